The first-order chi connectivity index (χ1) is 9.13. The maximum Gasteiger partial charge on any atom is 2.00 e. The number of carbonyl (C=O) groups is 2. The molecule has 2 heterocycles. The van der Waals surface area contributed by atoms with Gasteiger partial charge in [-0.2, -0.15) is 0 Å². The van der Waals surface area contributed by atoms with E-state index in [1.807, 2.05) is 0 Å². The fourth-order valence-electron chi connectivity index (χ4n) is 1.60. The predicted octanol–water partition coefficient (Wildman–Crippen LogP) is 2.63. The summed E-state index contributed by atoms with van der Waals surface area (Å²) in [5.74, 6) is -2.62. The number of nitrogens with zero attached hydrogens (tertiary/aromatic N) is 2. The minimum absolute atomic E-state index is 0. The molecular formula is C13H24N2O4Pt. The van der Waals surface area contributed by atoms with Gasteiger partial charge in [-0.15, -0.1) is 26.2 Å². The zero-order valence-corrected chi connectivity index (χ0v) is 14.0. The normalized spacial score (nSPS) is 17.2. The van der Waals surface area contributed by atoms with Crippen molar-refractivity contribution >= 4 is 11.9 Å². The van der Waals surface area contributed by atoms with Crippen LogP contribution in [0.4, 0.5) is 0 Å². The van der Waals surface area contributed by atoms with E-state index in [2.05, 4.69) is 10.6 Å². The Labute approximate surface area is 135 Å². The first-order valence-corrected chi connectivity index (χ1v) is 6.83. The van der Waals surface area contributed by atoms with Gasteiger partial charge in [-0.25, -0.2) is 0 Å². The minimum atomic E-state index is -1.31. The van der Waals surface area contributed by atoms with Gasteiger partial charge in [-0.3, -0.25) is 9.59 Å². The summed E-state index contributed by atoms with van der Waals surface area (Å²) in [4.78, 5) is 18.9. The summed E-state index contributed by atoms with van der Waals surface area (Å²) in [5, 5.41) is 23.8. The summed E-state index contributed by atoms with van der Waals surface area (Å²) in [5.41, 5.74) is 0. The molecule has 0 unspecified atom stereocenters. The molecular weight excluding hydrogens is 443 g/mol. The van der Waals surface area contributed by atoms with Crippen molar-refractivity contribution in [2.75, 3.05) is 26.2 Å². The van der Waals surface area contributed by atoms with Gasteiger partial charge in [0.25, 0.3) is 0 Å². The number of carboxylic acids is 2. The third-order valence-electron chi connectivity index (χ3n) is 2.57. The zero-order valence-electron chi connectivity index (χ0n) is 11.7. The molecule has 2 rings (SSSR count). The number of piperidine rings is 2. The van der Waals surface area contributed by atoms with Crippen molar-refractivity contribution in [3.8, 4) is 0 Å². The summed E-state index contributed by atoms with van der Waals surface area (Å²) in [6.07, 6.45) is 7.34. The van der Waals surface area contributed by atoms with E-state index in [0.717, 1.165) is 26.2 Å². The first-order valence-electron chi connectivity index (χ1n) is 6.83. The van der Waals surface area contributed by atoms with Gasteiger partial charge < -0.3 is 20.8 Å². The maximum absolute atomic E-state index is 9.43. The van der Waals surface area contributed by atoms with Crippen LogP contribution in [-0.4, -0.2) is 48.3 Å². The predicted molar refractivity (Wildman–Crippen MR) is 73.8 cm³/mol. The van der Waals surface area contributed by atoms with E-state index in [-0.39, 0.29) is 21.1 Å². The van der Waals surface area contributed by atoms with Crippen LogP contribution in [0, 0.1) is 0 Å². The fourth-order valence-corrected chi connectivity index (χ4v) is 1.60. The Balaban J connectivity index is 0. The van der Waals surface area contributed by atoms with E-state index in [1.165, 1.54) is 38.5 Å². The van der Waals surface area contributed by atoms with Crippen molar-refractivity contribution in [2.24, 2.45) is 0 Å². The zero-order chi connectivity index (χ0) is 14.3. The molecule has 0 aliphatic carbocycles. The summed E-state index contributed by atoms with van der Waals surface area (Å²) in [6.45, 7) is 4.50. The Kier molecular flexibility index (Phi) is 18.1. The average Bonchev–Trinajstić information content (AvgIpc) is 2.42. The molecule has 2 saturated heterocycles. The summed E-state index contributed by atoms with van der Waals surface area (Å²) < 4.78 is 0. The molecule has 7 heteroatoms. The number of carboxylic acid groups (broad SMARTS) is 2. The SMILES string of the molecule is C1CC[N-]CC1.C1CC[N-]CC1.O=C(O)CC(=O)O.[Pt+2]. The van der Waals surface area contributed by atoms with Crippen molar-refractivity contribution in [3.05, 3.63) is 10.6 Å². The average molecular weight is 467 g/mol. The molecule has 6 nitrogen and oxygen atoms in total. The Morgan fingerprint density at radius 1 is 0.700 bits per heavy atom. The van der Waals surface area contributed by atoms with Gasteiger partial charge in [0, 0.05) is 0 Å². The minimum Gasteiger partial charge on any atom is -0.662 e. The van der Waals surface area contributed by atoms with Crippen LogP contribution in [0.15, 0.2) is 0 Å². The van der Waals surface area contributed by atoms with Gasteiger partial charge in [0.1, 0.15) is 6.42 Å². The summed E-state index contributed by atoms with van der Waals surface area (Å²) in [6, 6.07) is 0. The molecule has 0 radical (unpaired) electrons. The molecule has 0 aromatic carbocycles. The molecule has 0 atom stereocenters. The van der Waals surface area contributed by atoms with Crippen molar-refractivity contribution < 1.29 is 40.9 Å². The maximum atomic E-state index is 9.43. The third kappa shape index (κ3) is 19.9. The van der Waals surface area contributed by atoms with Gasteiger partial charge >= 0.3 is 33.0 Å². The number of rotatable bonds is 2. The van der Waals surface area contributed by atoms with Gasteiger partial charge in [0.15, 0.2) is 0 Å². The Morgan fingerprint density at radius 2 is 1.00 bits per heavy atom. The van der Waals surface area contributed by atoms with Gasteiger partial charge in [0.2, 0.25) is 0 Å². The number of hydrogen-bond acceptors (Lipinski definition) is 2. The van der Waals surface area contributed by atoms with Crippen molar-refractivity contribution in [1.82, 2.24) is 0 Å². The summed E-state index contributed by atoms with van der Waals surface area (Å²) >= 11 is 0. The van der Waals surface area contributed by atoms with Crippen LogP contribution < -0.4 is 0 Å². The molecule has 2 fully saturated rings. The van der Waals surface area contributed by atoms with Gasteiger partial charge in [-0.1, -0.05) is 38.5 Å². The van der Waals surface area contributed by atoms with Crippen LogP contribution >= 0.6 is 0 Å². The molecule has 0 saturated carbocycles. The Hall–Kier alpha value is -0.452. The molecule has 0 bridgehead atoms. The van der Waals surface area contributed by atoms with Crippen molar-refractivity contribution in [3.63, 3.8) is 0 Å². The second-order valence-electron chi connectivity index (χ2n) is 4.43. The molecule has 120 valence electrons. The summed E-state index contributed by atoms with van der Waals surface area (Å²) in [7, 11) is 0. The molecule has 20 heavy (non-hydrogen) atoms. The quantitative estimate of drug-likeness (QED) is 0.610. The van der Waals surface area contributed by atoms with E-state index in [0.29, 0.717) is 0 Å². The van der Waals surface area contributed by atoms with E-state index in [9.17, 15) is 9.59 Å². The molecule has 0 aromatic heterocycles. The number of hydrogen-bond donors (Lipinski definition) is 2. The molecule has 2 N–H and O–H groups in total. The molecule has 0 aromatic rings. The first kappa shape index (κ1) is 21.8. The van der Waals surface area contributed by atoms with Gasteiger partial charge in [-0.05, 0) is 0 Å². The van der Waals surface area contributed by atoms with E-state index >= 15 is 0 Å². The second kappa shape index (κ2) is 16.6. The number of aliphatic carboxylic acids is 2. The third-order valence-corrected chi connectivity index (χ3v) is 2.57. The van der Waals surface area contributed by atoms with E-state index in [4.69, 9.17) is 10.2 Å². The smallest absolute Gasteiger partial charge is 0.662 e. The van der Waals surface area contributed by atoms with Crippen LogP contribution in [0.1, 0.15) is 44.9 Å². The molecule has 2 aliphatic rings. The largest absolute Gasteiger partial charge is 2.00 e. The second-order valence-corrected chi connectivity index (χ2v) is 4.43. The van der Waals surface area contributed by atoms with Crippen LogP contribution in [0.25, 0.3) is 10.6 Å². The molecule has 0 amide bonds. The standard InChI is InChI=1S/2C5H10N.C3H4O4.Pt/c2*1-2-4-6-5-3-1;4-2(5)1-3(6)7;/h2*1-5H2;1H2,(H,4,5)(H,6,7);/q2*-1;;+2. The fraction of sp³-hybridized carbons (Fsp3) is 0.846. The van der Waals surface area contributed by atoms with E-state index in [1.54, 1.807) is 0 Å². The monoisotopic (exact) mass is 467 g/mol. The van der Waals surface area contributed by atoms with Crippen LogP contribution in [0.5, 0.6) is 0 Å². The van der Waals surface area contributed by atoms with Gasteiger partial charge in [0.05, 0.1) is 0 Å². The topological polar surface area (TPSA) is 103 Å². The Morgan fingerprint density at radius 3 is 1.05 bits per heavy atom. The van der Waals surface area contributed by atoms with Crippen molar-refractivity contribution in [1.29, 1.82) is 0 Å². The Bertz CT molecular complexity index is 198. The van der Waals surface area contributed by atoms with Crippen LogP contribution in [0.2, 0.25) is 0 Å². The van der Waals surface area contributed by atoms with E-state index < -0.39 is 18.4 Å². The van der Waals surface area contributed by atoms with Crippen molar-refractivity contribution in [2.45, 2.75) is 44.9 Å². The van der Waals surface area contributed by atoms with Crippen LogP contribution in [-0.2, 0) is 30.7 Å². The molecule has 2 aliphatic heterocycles. The molecule has 0 spiro atoms. The van der Waals surface area contributed by atoms with Crippen LogP contribution in [0.3, 0.4) is 0 Å².